The van der Waals surface area contributed by atoms with E-state index < -0.39 is 6.10 Å². The van der Waals surface area contributed by atoms with E-state index in [2.05, 4.69) is 4.98 Å². The van der Waals surface area contributed by atoms with Crippen LogP contribution in [0.3, 0.4) is 0 Å². The Bertz CT molecular complexity index is 712. The van der Waals surface area contributed by atoms with Gasteiger partial charge < -0.3 is 14.1 Å². The highest BCUT2D eigenvalue weighted by molar-refractivity contribution is 5.75. The lowest BCUT2D eigenvalue weighted by molar-refractivity contribution is 0.146. The van der Waals surface area contributed by atoms with E-state index in [-0.39, 0.29) is 0 Å². The van der Waals surface area contributed by atoms with Crippen LogP contribution in [0.25, 0.3) is 11.0 Å². The van der Waals surface area contributed by atoms with Crippen LogP contribution >= 0.6 is 0 Å². The molecule has 1 aromatic carbocycles. The first-order valence-corrected chi connectivity index (χ1v) is 6.29. The van der Waals surface area contributed by atoms with Crippen molar-refractivity contribution in [1.29, 1.82) is 0 Å². The smallest absolute Gasteiger partial charge is 0.135 e. The Balaban J connectivity index is 1.93. The minimum absolute atomic E-state index is 0.444. The third-order valence-electron chi connectivity index (χ3n) is 3.46. The second-order valence-electron chi connectivity index (χ2n) is 4.76. The Morgan fingerprint density at radius 1 is 1.32 bits per heavy atom. The molecule has 98 valence electrons. The second kappa shape index (κ2) is 4.55. The zero-order valence-electron chi connectivity index (χ0n) is 11.0. The largest absolute Gasteiger partial charge is 0.466 e. The molecule has 1 N–H and O–H groups in total. The molecule has 0 aliphatic heterocycles. The molecule has 0 fully saturated rings. The maximum absolute atomic E-state index is 10.2. The van der Waals surface area contributed by atoms with Crippen LogP contribution < -0.4 is 0 Å². The minimum Gasteiger partial charge on any atom is -0.466 e. The highest BCUT2D eigenvalue weighted by atomic mass is 16.4. The third-order valence-corrected chi connectivity index (χ3v) is 3.46. The molecule has 4 heteroatoms. The van der Waals surface area contributed by atoms with Crippen LogP contribution in [0, 0.1) is 6.92 Å². The van der Waals surface area contributed by atoms with Gasteiger partial charge in [-0.1, -0.05) is 12.1 Å². The van der Waals surface area contributed by atoms with Gasteiger partial charge in [0.05, 0.1) is 17.3 Å². The van der Waals surface area contributed by atoms with Gasteiger partial charge in [0.2, 0.25) is 0 Å². The second-order valence-corrected chi connectivity index (χ2v) is 4.76. The fourth-order valence-electron chi connectivity index (χ4n) is 2.37. The summed E-state index contributed by atoms with van der Waals surface area (Å²) in [5.41, 5.74) is 2.98. The van der Waals surface area contributed by atoms with Gasteiger partial charge in [0, 0.05) is 13.5 Å². The average Bonchev–Trinajstić information content (AvgIpc) is 2.95. The lowest BCUT2D eigenvalue weighted by Crippen LogP contribution is -2.07. The fraction of sp³-hybridized carbons (Fsp3) is 0.267. The van der Waals surface area contributed by atoms with Crippen molar-refractivity contribution in [3.63, 3.8) is 0 Å². The van der Waals surface area contributed by atoms with Crippen molar-refractivity contribution >= 4 is 11.0 Å². The number of fused-ring (bicyclic) bond motifs is 1. The first kappa shape index (κ1) is 12.0. The number of benzene rings is 1. The van der Waals surface area contributed by atoms with Gasteiger partial charge in [-0.2, -0.15) is 0 Å². The molecule has 1 atom stereocenters. The number of aromatic nitrogens is 2. The standard InChI is InChI=1S/C15H16N2O2/c1-10-7-8-19-15(10)13(18)9-14-16-11-5-3-4-6-12(11)17(14)2/h3-8,13,18H,9H2,1-2H3. The highest BCUT2D eigenvalue weighted by Crippen LogP contribution is 2.23. The molecular weight excluding hydrogens is 240 g/mol. The molecular formula is C15H16N2O2. The first-order valence-electron chi connectivity index (χ1n) is 6.29. The van der Waals surface area contributed by atoms with Crippen LogP contribution in [0.15, 0.2) is 41.0 Å². The summed E-state index contributed by atoms with van der Waals surface area (Å²) in [5.74, 6) is 1.47. The summed E-state index contributed by atoms with van der Waals surface area (Å²) < 4.78 is 7.34. The van der Waals surface area contributed by atoms with Crippen molar-refractivity contribution in [2.24, 2.45) is 7.05 Å². The molecule has 1 unspecified atom stereocenters. The molecule has 0 saturated heterocycles. The lowest BCUT2D eigenvalue weighted by atomic mass is 10.1. The Hall–Kier alpha value is -2.07. The molecule has 3 aromatic rings. The van der Waals surface area contributed by atoms with Gasteiger partial charge >= 0.3 is 0 Å². The maximum Gasteiger partial charge on any atom is 0.135 e. The van der Waals surface area contributed by atoms with E-state index >= 15 is 0 Å². The minimum atomic E-state index is -0.662. The molecule has 19 heavy (non-hydrogen) atoms. The number of imidazole rings is 1. The van der Waals surface area contributed by atoms with Gasteiger partial charge in [-0.25, -0.2) is 4.98 Å². The van der Waals surface area contributed by atoms with E-state index in [1.165, 1.54) is 0 Å². The molecule has 0 bridgehead atoms. The summed E-state index contributed by atoms with van der Waals surface area (Å²) >= 11 is 0. The molecule has 0 saturated carbocycles. The number of furan rings is 1. The number of para-hydroxylation sites is 2. The summed E-state index contributed by atoms with van der Waals surface area (Å²) in [6, 6.07) is 9.81. The Kier molecular flexibility index (Phi) is 2.87. The van der Waals surface area contributed by atoms with E-state index in [1.807, 2.05) is 48.9 Å². The predicted molar refractivity (Wildman–Crippen MR) is 72.8 cm³/mol. The molecule has 3 rings (SSSR count). The van der Waals surface area contributed by atoms with Gasteiger partial charge in [-0.15, -0.1) is 0 Å². The number of aliphatic hydroxyl groups is 1. The SMILES string of the molecule is Cc1ccoc1C(O)Cc1nc2ccccc2n1C. The van der Waals surface area contributed by atoms with Gasteiger partial charge in [0.25, 0.3) is 0 Å². The van der Waals surface area contributed by atoms with Crippen LogP contribution in [0.1, 0.15) is 23.3 Å². The van der Waals surface area contributed by atoms with Crippen LogP contribution in [0.5, 0.6) is 0 Å². The summed E-state index contributed by atoms with van der Waals surface area (Å²) in [6.07, 6.45) is 1.38. The molecule has 0 spiro atoms. The third kappa shape index (κ3) is 2.04. The molecule has 0 radical (unpaired) electrons. The Morgan fingerprint density at radius 2 is 2.11 bits per heavy atom. The quantitative estimate of drug-likeness (QED) is 0.784. The van der Waals surface area contributed by atoms with Crippen molar-refractivity contribution in [3.05, 3.63) is 53.7 Å². The van der Waals surface area contributed by atoms with Gasteiger partial charge in [0.15, 0.2) is 0 Å². The van der Waals surface area contributed by atoms with E-state index in [1.54, 1.807) is 6.26 Å². The number of aliphatic hydroxyl groups excluding tert-OH is 1. The zero-order chi connectivity index (χ0) is 13.4. The van der Waals surface area contributed by atoms with Crippen molar-refractivity contribution in [3.8, 4) is 0 Å². The van der Waals surface area contributed by atoms with E-state index in [4.69, 9.17) is 4.42 Å². The number of hydrogen-bond donors (Lipinski definition) is 1. The Morgan fingerprint density at radius 3 is 2.79 bits per heavy atom. The van der Waals surface area contributed by atoms with Crippen LogP contribution in [-0.2, 0) is 13.5 Å². The molecule has 2 heterocycles. The molecule has 0 aliphatic rings. The Labute approximate surface area is 111 Å². The normalized spacial score (nSPS) is 13.0. The molecule has 0 aliphatic carbocycles. The van der Waals surface area contributed by atoms with Crippen molar-refractivity contribution in [1.82, 2.24) is 9.55 Å². The van der Waals surface area contributed by atoms with Gasteiger partial charge in [-0.3, -0.25) is 0 Å². The molecule has 4 nitrogen and oxygen atoms in total. The summed E-state index contributed by atoms with van der Waals surface area (Å²) in [6.45, 7) is 1.93. The van der Waals surface area contributed by atoms with E-state index in [0.29, 0.717) is 12.2 Å². The van der Waals surface area contributed by atoms with Gasteiger partial charge in [0.1, 0.15) is 17.7 Å². The van der Waals surface area contributed by atoms with Crippen LogP contribution in [-0.4, -0.2) is 14.7 Å². The lowest BCUT2D eigenvalue weighted by Gasteiger charge is -2.09. The van der Waals surface area contributed by atoms with Crippen LogP contribution in [0.4, 0.5) is 0 Å². The summed E-state index contributed by atoms with van der Waals surface area (Å²) in [5, 5.41) is 10.2. The molecule has 0 amide bonds. The molecule has 2 aromatic heterocycles. The average molecular weight is 256 g/mol. The number of rotatable bonds is 3. The van der Waals surface area contributed by atoms with E-state index in [9.17, 15) is 5.11 Å². The zero-order valence-corrected chi connectivity index (χ0v) is 11.0. The monoisotopic (exact) mass is 256 g/mol. The fourth-order valence-corrected chi connectivity index (χ4v) is 2.37. The predicted octanol–water partition coefficient (Wildman–Crippen LogP) is 2.75. The summed E-state index contributed by atoms with van der Waals surface area (Å²) in [7, 11) is 1.96. The number of nitrogens with zero attached hydrogens (tertiary/aromatic N) is 2. The van der Waals surface area contributed by atoms with Gasteiger partial charge in [-0.05, 0) is 30.7 Å². The van der Waals surface area contributed by atoms with Crippen molar-refractivity contribution < 1.29 is 9.52 Å². The topological polar surface area (TPSA) is 51.2 Å². The van der Waals surface area contributed by atoms with E-state index in [0.717, 1.165) is 22.4 Å². The summed E-state index contributed by atoms with van der Waals surface area (Å²) in [4.78, 5) is 4.55. The van der Waals surface area contributed by atoms with Crippen molar-refractivity contribution in [2.75, 3.05) is 0 Å². The maximum atomic E-state index is 10.2. The van der Waals surface area contributed by atoms with Crippen LogP contribution in [0.2, 0.25) is 0 Å². The highest BCUT2D eigenvalue weighted by Gasteiger charge is 2.18. The number of aryl methyl sites for hydroxylation is 2. The van der Waals surface area contributed by atoms with Crippen molar-refractivity contribution in [2.45, 2.75) is 19.4 Å². The number of hydrogen-bond acceptors (Lipinski definition) is 3. The first-order chi connectivity index (χ1) is 9.16.